The maximum Gasteiger partial charge on any atom is 0.303 e. The molecule has 0 rings (SSSR count). The fourth-order valence-corrected chi connectivity index (χ4v) is 4.75. The minimum Gasteiger partial charge on any atom is -0.481 e. The fourth-order valence-electron chi connectivity index (χ4n) is 4.75. The molecule has 1 atom stereocenters. The molecule has 0 spiro atoms. The van der Waals surface area contributed by atoms with E-state index >= 15 is 0 Å². The summed E-state index contributed by atoms with van der Waals surface area (Å²) in [4.78, 5) is 26.0. The Balaban J connectivity index is 0. The molecule has 0 aliphatic heterocycles. The van der Waals surface area contributed by atoms with E-state index in [4.69, 9.17) is 5.11 Å². The van der Waals surface area contributed by atoms with Crippen LogP contribution in [0, 0.1) is 0 Å². The second kappa shape index (κ2) is 30.1. The van der Waals surface area contributed by atoms with Gasteiger partial charge >= 0.3 is 5.97 Å². The van der Waals surface area contributed by atoms with E-state index in [1.807, 2.05) is 14.1 Å². The van der Waals surface area contributed by atoms with Gasteiger partial charge in [-0.1, -0.05) is 117 Å². The highest BCUT2D eigenvalue weighted by Gasteiger charge is 2.22. The molecule has 216 valence electrons. The van der Waals surface area contributed by atoms with E-state index in [1.54, 1.807) is 0 Å². The summed E-state index contributed by atoms with van der Waals surface area (Å²) in [5.41, 5.74) is 0. The molecule has 1 unspecified atom stereocenters. The molecular weight excluding hydrogens is 448 g/mol. The van der Waals surface area contributed by atoms with Gasteiger partial charge in [0, 0.05) is 25.4 Å². The Hall–Kier alpha value is -1.10. The van der Waals surface area contributed by atoms with E-state index in [-0.39, 0.29) is 0 Å². The number of carbonyl (C=O) groups is 2. The van der Waals surface area contributed by atoms with E-state index in [1.165, 1.54) is 83.5 Å². The third-order valence-corrected chi connectivity index (χ3v) is 6.79. The number of nitrogens with one attached hydrogen (secondary N) is 1. The molecule has 0 fully saturated rings. The number of rotatable bonds is 25. The lowest BCUT2D eigenvalue weighted by atomic mass is 9.97. The monoisotopic (exact) mass is 512 g/mol. The second-order valence-corrected chi connectivity index (χ2v) is 10.5. The SMILES string of the molecule is CCCCCCCCC(CCCCCCCCC(=O)O)N(CCC)C(=O)CCCCCCC.CNC. The van der Waals surface area contributed by atoms with Gasteiger partial charge in [-0.05, 0) is 46.2 Å². The molecule has 36 heavy (non-hydrogen) atoms. The van der Waals surface area contributed by atoms with Gasteiger partial charge in [-0.3, -0.25) is 9.59 Å². The first-order chi connectivity index (χ1) is 17.5. The Morgan fingerprint density at radius 1 is 0.611 bits per heavy atom. The van der Waals surface area contributed by atoms with Crippen molar-refractivity contribution in [2.24, 2.45) is 0 Å². The summed E-state index contributed by atoms with van der Waals surface area (Å²) in [5, 5.41) is 11.5. The van der Waals surface area contributed by atoms with Gasteiger partial charge in [0.05, 0.1) is 0 Å². The van der Waals surface area contributed by atoms with Crippen molar-refractivity contribution in [2.75, 3.05) is 20.6 Å². The van der Waals surface area contributed by atoms with Gasteiger partial charge in [0.2, 0.25) is 5.91 Å². The number of aliphatic carboxylic acids is 1. The molecule has 0 saturated carbocycles. The van der Waals surface area contributed by atoms with Crippen molar-refractivity contribution in [3.05, 3.63) is 0 Å². The van der Waals surface area contributed by atoms with Gasteiger partial charge in [-0.15, -0.1) is 0 Å². The van der Waals surface area contributed by atoms with Crippen LogP contribution in [0.25, 0.3) is 0 Å². The van der Waals surface area contributed by atoms with Crippen molar-refractivity contribution < 1.29 is 14.7 Å². The lowest BCUT2D eigenvalue weighted by molar-refractivity contribution is -0.137. The van der Waals surface area contributed by atoms with Crippen molar-refractivity contribution in [3.63, 3.8) is 0 Å². The van der Waals surface area contributed by atoms with E-state index in [9.17, 15) is 9.59 Å². The average molecular weight is 513 g/mol. The third-order valence-electron chi connectivity index (χ3n) is 6.79. The lowest BCUT2D eigenvalue weighted by Crippen LogP contribution is -2.41. The molecule has 0 heterocycles. The standard InChI is InChI=1S/C29H57NO3.C2H7N/c1-4-7-9-11-15-18-22-27(23-19-16-12-13-17-21-25-29(32)33)30(26-6-3)28(31)24-20-14-10-8-5-2;1-3-2/h27H,4-26H2,1-3H3,(H,32,33);3H,1-2H3. The molecule has 5 heteroatoms. The molecule has 5 nitrogen and oxygen atoms in total. The van der Waals surface area contributed by atoms with Crippen molar-refractivity contribution >= 4 is 11.9 Å². The minimum absolute atomic E-state index is 0.298. The molecule has 2 N–H and O–H groups in total. The zero-order valence-electron chi connectivity index (χ0n) is 25.1. The second-order valence-electron chi connectivity index (χ2n) is 10.5. The van der Waals surface area contributed by atoms with Crippen LogP contribution in [0.1, 0.15) is 162 Å². The first kappa shape index (κ1) is 37.1. The normalized spacial score (nSPS) is 11.6. The summed E-state index contributed by atoms with van der Waals surface area (Å²) in [6, 6.07) is 0.409. The largest absolute Gasteiger partial charge is 0.481 e. The van der Waals surface area contributed by atoms with Crippen LogP contribution < -0.4 is 5.32 Å². The summed E-state index contributed by atoms with van der Waals surface area (Å²) >= 11 is 0. The van der Waals surface area contributed by atoms with Crippen LogP contribution in [0.2, 0.25) is 0 Å². The smallest absolute Gasteiger partial charge is 0.303 e. The number of carboxylic acids is 1. The number of hydrogen-bond donors (Lipinski definition) is 2. The molecule has 0 saturated heterocycles. The summed E-state index contributed by atoms with van der Waals surface area (Å²) in [6.07, 6.45) is 24.7. The predicted octanol–water partition coefficient (Wildman–Crippen LogP) is 8.75. The quantitative estimate of drug-likeness (QED) is 0.120. The predicted molar refractivity (Wildman–Crippen MR) is 157 cm³/mol. The van der Waals surface area contributed by atoms with Crippen LogP contribution in [-0.2, 0) is 9.59 Å². The molecule has 0 aromatic carbocycles. The highest BCUT2D eigenvalue weighted by molar-refractivity contribution is 5.76. The Morgan fingerprint density at radius 3 is 1.42 bits per heavy atom. The van der Waals surface area contributed by atoms with Crippen LogP contribution >= 0.6 is 0 Å². The lowest BCUT2D eigenvalue weighted by Gasteiger charge is -2.32. The van der Waals surface area contributed by atoms with Gasteiger partial charge in [0.15, 0.2) is 0 Å². The first-order valence-electron chi connectivity index (χ1n) is 15.6. The Morgan fingerprint density at radius 2 is 1.00 bits per heavy atom. The van der Waals surface area contributed by atoms with E-state index < -0.39 is 5.97 Å². The van der Waals surface area contributed by atoms with E-state index in [0.717, 1.165) is 57.9 Å². The Bertz CT molecular complexity index is 471. The number of hydrogen-bond acceptors (Lipinski definition) is 3. The maximum atomic E-state index is 13.1. The van der Waals surface area contributed by atoms with Gasteiger partial charge in [0.25, 0.3) is 0 Å². The van der Waals surface area contributed by atoms with Crippen LogP contribution in [0.3, 0.4) is 0 Å². The number of amides is 1. The van der Waals surface area contributed by atoms with Crippen molar-refractivity contribution in [3.8, 4) is 0 Å². The van der Waals surface area contributed by atoms with Crippen LogP contribution in [0.5, 0.6) is 0 Å². The zero-order chi connectivity index (χ0) is 27.3. The van der Waals surface area contributed by atoms with Gasteiger partial charge in [-0.25, -0.2) is 0 Å². The van der Waals surface area contributed by atoms with Crippen molar-refractivity contribution in [2.45, 2.75) is 168 Å². The topological polar surface area (TPSA) is 69.6 Å². The summed E-state index contributed by atoms with van der Waals surface area (Å²) < 4.78 is 0. The zero-order valence-corrected chi connectivity index (χ0v) is 25.1. The van der Waals surface area contributed by atoms with E-state index in [2.05, 4.69) is 31.0 Å². The number of nitrogens with zero attached hydrogens (tertiary/aromatic N) is 1. The number of carboxylic acid groups (broad SMARTS) is 1. The summed E-state index contributed by atoms with van der Waals surface area (Å²) in [7, 11) is 3.75. The molecule has 0 aliphatic carbocycles. The van der Waals surface area contributed by atoms with Gasteiger partial charge in [0.1, 0.15) is 0 Å². The number of unbranched alkanes of at least 4 members (excludes halogenated alkanes) is 14. The molecule has 0 aliphatic rings. The Labute approximate surface area is 225 Å². The van der Waals surface area contributed by atoms with E-state index in [0.29, 0.717) is 18.4 Å². The van der Waals surface area contributed by atoms with Crippen LogP contribution in [0.4, 0.5) is 0 Å². The molecule has 0 aromatic rings. The minimum atomic E-state index is -0.682. The first-order valence-corrected chi connectivity index (χ1v) is 15.6. The fraction of sp³-hybridized carbons (Fsp3) is 0.935. The average Bonchev–Trinajstić information content (AvgIpc) is 2.85. The molecule has 0 aromatic heterocycles. The summed E-state index contributed by atoms with van der Waals surface area (Å²) in [6.45, 7) is 7.60. The highest BCUT2D eigenvalue weighted by atomic mass is 16.4. The Kier molecular flexibility index (Phi) is 31.0. The van der Waals surface area contributed by atoms with Crippen molar-refractivity contribution in [1.82, 2.24) is 10.2 Å². The molecule has 0 radical (unpaired) electrons. The molecule has 1 amide bonds. The summed E-state index contributed by atoms with van der Waals surface area (Å²) in [5.74, 6) is -0.295. The molecular formula is C31H64N2O3. The maximum absolute atomic E-state index is 13.1. The van der Waals surface area contributed by atoms with Gasteiger partial charge < -0.3 is 15.3 Å². The van der Waals surface area contributed by atoms with Gasteiger partial charge in [-0.2, -0.15) is 0 Å². The third kappa shape index (κ3) is 26.0. The van der Waals surface area contributed by atoms with Crippen LogP contribution in [-0.4, -0.2) is 48.6 Å². The highest BCUT2D eigenvalue weighted by Crippen LogP contribution is 2.21. The number of carbonyl (C=O) groups excluding carboxylic acids is 1. The van der Waals surface area contributed by atoms with Crippen molar-refractivity contribution in [1.29, 1.82) is 0 Å². The molecule has 0 bridgehead atoms. The van der Waals surface area contributed by atoms with Crippen LogP contribution in [0.15, 0.2) is 0 Å².